The van der Waals surface area contributed by atoms with Crippen molar-refractivity contribution in [2.24, 2.45) is 0 Å². The second-order valence-electron chi connectivity index (χ2n) is 5.80. The largest absolute Gasteiger partial charge is 0.317 e. The number of carbonyl (C=O) groups excluding carboxylic acids is 1. The van der Waals surface area contributed by atoms with Crippen molar-refractivity contribution in [2.75, 3.05) is 5.32 Å². The second kappa shape index (κ2) is 7.23. The number of aromatic amines is 1. The van der Waals surface area contributed by atoms with Gasteiger partial charge in [0.1, 0.15) is 5.69 Å². The maximum Gasteiger partial charge on any atom is 0.275 e. The molecule has 0 radical (unpaired) electrons. The number of nitrogens with zero attached hydrogens (tertiary/aromatic N) is 3. The third-order valence-electron chi connectivity index (χ3n) is 4.05. The van der Waals surface area contributed by atoms with E-state index in [2.05, 4.69) is 20.6 Å². The molecule has 28 heavy (non-hydrogen) atoms. The molecule has 0 aliphatic rings. The fourth-order valence-corrected chi connectivity index (χ4v) is 2.75. The molecular weight excluding hydrogens is 409 g/mol. The topological polar surface area (TPSA) is 75.6 Å². The lowest BCUT2D eigenvalue weighted by atomic mass is 10.1. The van der Waals surface area contributed by atoms with Crippen LogP contribution in [0.2, 0.25) is 5.02 Å². The molecule has 6 nitrogen and oxygen atoms in total. The lowest BCUT2D eigenvalue weighted by Crippen LogP contribution is -2.15. The number of benzene rings is 1. The molecule has 3 rings (SSSR count). The van der Waals surface area contributed by atoms with Crippen molar-refractivity contribution in [3.63, 3.8) is 0 Å². The van der Waals surface area contributed by atoms with Crippen LogP contribution in [0.4, 0.5) is 27.6 Å². The molecule has 148 valence electrons. The lowest BCUT2D eigenvalue weighted by molar-refractivity contribution is 0.102. The fourth-order valence-electron chi connectivity index (χ4n) is 2.58. The monoisotopic (exact) mass is 419 g/mol. The van der Waals surface area contributed by atoms with Crippen LogP contribution in [0.1, 0.15) is 27.4 Å². The SMILES string of the molecule is Cc1nn(Cc2c(F)c(F)c(F)c(F)c2F)c(C)c1NC(=O)c1[nH]ncc1Cl. The van der Waals surface area contributed by atoms with Crippen molar-refractivity contribution in [3.8, 4) is 0 Å². The molecule has 0 atom stereocenters. The van der Waals surface area contributed by atoms with Crippen LogP contribution >= 0.6 is 11.6 Å². The van der Waals surface area contributed by atoms with Crippen LogP contribution in [0.15, 0.2) is 6.20 Å². The van der Waals surface area contributed by atoms with E-state index in [4.69, 9.17) is 11.6 Å². The Balaban J connectivity index is 1.96. The molecule has 0 saturated heterocycles. The summed E-state index contributed by atoms with van der Waals surface area (Å²) in [6, 6.07) is 0. The van der Waals surface area contributed by atoms with Crippen LogP contribution in [0.5, 0.6) is 0 Å². The highest BCUT2D eigenvalue weighted by Crippen LogP contribution is 2.26. The highest BCUT2D eigenvalue weighted by molar-refractivity contribution is 6.34. The first-order valence-electron chi connectivity index (χ1n) is 7.68. The molecule has 0 fully saturated rings. The Hall–Kier alpha value is -2.95. The molecule has 0 unspecified atom stereocenters. The maximum absolute atomic E-state index is 13.9. The number of aryl methyl sites for hydroxylation is 1. The van der Waals surface area contributed by atoms with Crippen LogP contribution in [0.25, 0.3) is 0 Å². The number of anilines is 1. The molecule has 3 aromatic rings. The number of H-pyrrole nitrogens is 1. The second-order valence-corrected chi connectivity index (χ2v) is 6.21. The first kappa shape index (κ1) is 19.8. The van der Waals surface area contributed by atoms with Crippen molar-refractivity contribution in [1.29, 1.82) is 0 Å². The quantitative estimate of drug-likeness (QED) is 0.383. The highest BCUT2D eigenvalue weighted by atomic mass is 35.5. The van der Waals surface area contributed by atoms with Crippen molar-refractivity contribution in [3.05, 3.63) is 63.0 Å². The van der Waals surface area contributed by atoms with E-state index in [-0.39, 0.29) is 27.8 Å². The van der Waals surface area contributed by atoms with E-state index < -0.39 is 47.1 Å². The number of hydrogen-bond donors (Lipinski definition) is 2. The Morgan fingerprint density at radius 2 is 1.68 bits per heavy atom. The number of carbonyl (C=O) groups is 1. The van der Waals surface area contributed by atoms with E-state index in [1.807, 2.05) is 0 Å². The molecule has 12 heteroatoms. The van der Waals surface area contributed by atoms with E-state index in [0.717, 1.165) is 4.68 Å². The van der Waals surface area contributed by atoms with Gasteiger partial charge in [0.25, 0.3) is 5.91 Å². The minimum atomic E-state index is -2.24. The standard InChI is InChI=1S/C16H11ClF5N5O/c1-5-14(24-16(28)15-8(17)3-23-25-15)6(2)27(26-5)4-7-9(18)11(20)13(22)12(21)10(7)19/h3H,4H2,1-2H3,(H,23,25)(H,24,28). The molecule has 0 aliphatic heterocycles. The Morgan fingerprint density at radius 1 is 1.11 bits per heavy atom. The number of halogens is 6. The smallest absolute Gasteiger partial charge is 0.275 e. The molecular formula is C16H11ClF5N5O. The van der Waals surface area contributed by atoms with Crippen LogP contribution in [0, 0.1) is 42.9 Å². The van der Waals surface area contributed by atoms with Gasteiger partial charge in [0.15, 0.2) is 23.3 Å². The van der Waals surface area contributed by atoms with Crippen LogP contribution in [-0.2, 0) is 6.54 Å². The summed E-state index contributed by atoms with van der Waals surface area (Å²) in [6.45, 7) is 2.21. The zero-order valence-electron chi connectivity index (χ0n) is 14.3. The normalized spacial score (nSPS) is 11.1. The van der Waals surface area contributed by atoms with E-state index in [9.17, 15) is 26.7 Å². The molecule has 0 bridgehead atoms. The fraction of sp³-hybridized carbons (Fsp3) is 0.188. The van der Waals surface area contributed by atoms with Crippen LogP contribution in [-0.4, -0.2) is 25.9 Å². The van der Waals surface area contributed by atoms with Gasteiger partial charge in [-0.3, -0.25) is 14.6 Å². The van der Waals surface area contributed by atoms with Gasteiger partial charge in [-0.2, -0.15) is 10.2 Å². The number of rotatable bonds is 4. The zero-order valence-corrected chi connectivity index (χ0v) is 15.1. The summed E-state index contributed by atoms with van der Waals surface area (Å²) in [5.41, 5.74) is -0.389. The summed E-state index contributed by atoms with van der Waals surface area (Å²) in [5, 5.41) is 12.6. The first-order chi connectivity index (χ1) is 13.1. The number of nitrogens with one attached hydrogen (secondary N) is 2. The van der Waals surface area contributed by atoms with Gasteiger partial charge < -0.3 is 5.32 Å². The predicted molar refractivity (Wildman–Crippen MR) is 88.6 cm³/mol. The van der Waals surface area contributed by atoms with Crippen LogP contribution < -0.4 is 5.32 Å². The van der Waals surface area contributed by atoms with Gasteiger partial charge >= 0.3 is 0 Å². The molecule has 0 aliphatic carbocycles. The summed E-state index contributed by atoms with van der Waals surface area (Å²) in [5.74, 6) is -10.9. The highest BCUT2D eigenvalue weighted by Gasteiger charge is 2.27. The molecule has 2 heterocycles. The van der Waals surface area contributed by atoms with Gasteiger partial charge in [-0.1, -0.05) is 11.6 Å². The van der Waals surface area contributed by atoms with Crippen molar-refractivity contribution in [1.82, 2.24) is 20.0 Å². The zero-order chi connectivity index (χ0) is 20.7. The van der Waals surface area contributed by atoms with Crippen molar-refractivity contribution < 1.29 is 26.7 Å². The average Bonchev–Trinajstić information content (AvgIpc) is 3.20. The molecule has 0 spiro atoms. The van der Waals surface area contributed by atoms with E-state index in [0.29, 0.717) is 0 Å². The summed E-state index contributed by atoms with van der Waals surface area (Å²) < 4.78 is 68.8. The summed E-state index contributed by atoms with van der Waals surface area (Å²) in [6.07, 6.45) is 1.22. The van der Waals surface area contributed by atoms with Gasteiger partial charge in [0.05, 0.1) is 40.4 Å². The Kier molecular flexibility index (Phi) is 5.11. The van der Waals surface area contributed by atoms with Crippen LogP contribution in [0.3, 0.4) is 0 Å². The number of aromatic nitrogens is 4. The van der Waals surface area contributed by atoms with Gasteiger partial charge in [0.2, 0.25) is 5.82 Å². The van der Waals surface area contributed by atoms with Gasteiger partial charge in [-0.15, -0.1) is 0 Å². The minimum absolute atomic E-state index is 0.0204. The summed E-state index contributed by atoms with van der Waals surface area (Å²) >= 11 is 5.81. The van der Waals surface area contributed by atoms with Crippen molar-refractivity contribution >= 4 is 23.2 Å². The molecule has 1 aromatic carbocycles. The Morgan fingerprint density at radius 3 is 2.21 bits per heavy atom. The van der Waals surface area contributed by atoms with E-state index in [1.165, 1.54) is 20.0 Å². The molecule has 1 amide bonds. The third-order valence-corrected chi connectivity index (χ3v) is 4.34. The van der Waals surface area contributed by atoms with E-state index >= 15 is 0 Å². The minimum Gasteiger partial charge on any atom is -0.317 e. The predicted octanol–water partition coefficient (Wildman–Crippen LogP) is 3.87. The lowest BCUT2D eigenvalue weighted by Gasteiger charge is -2.10. The Bertz CT molecular complexity index is 1060. The molecule has 2 N–H and O–H groups in total. The number of amides is 1. The molecule has 0 saturated carbocycles. The number of hydrogen-bond acceptors (Lipinski definition) is 3. The third kappa shape index (κ3) is 3.21. The van der Waals surface area contributed by atoms with Crippen molar-refractivity contribution in [2.45, 2.75) is 20.4 Å². The summed E-state index contributed by atoms with van der Waals surface area (Å²) in [4.78, 5) is 12.2. The van der Waals surface area contributed by atoms with Gasteiger partial charge in [0, 0.05) is 0 Å². The van der Waals surface area contributed by atoms with E-state index in [1.54, 1.807) is 0 Å². The van der Waals surface area contributed by atoms with Gasteiger partial charge in [-0.25, -0.2) is 22.0 Å². The first-order valence-corrected chi connectivity index (χ1v) is 8.05. The maximum atomic E-state index is 13.9. The Labute approximate surface area is 159 Å². The average molecular weight is 420 g/mol. The summed E-state index contributed by atoms with van der Waals surface area (Å²) in [7, 11) is 0. The van der Waals surface area contributed by atoms with Gasteiger partial charge in [-0.05, 0) is 13.8 Å². The molecule has 2 aromatic heterocycles.